The van der Waals surface area contributed by atoms with Gasteiger partial charge in [0.05, 0.1) is 13.2 Å². The van der Waals surface area contributed by atoms with Gasteiger partial charge in [0.25, 0.3) is 0 Å². The van der Waals surface area contributed by atoms with Crippen LogP contribution in [0.15, 0.2) is 0 Å². The van der Waals surface area contributed by atoms with Crippen LogP contribution in [0.2, 0.25) is 0 Å². The number of ether oxygens (including phenoxy) is 2. The molecule has 15 heavy (non-hydrogen) atoms. The first-order valence-corrected chi connectivity index (χ1v) is 4.61. The SMILES string of the molecule is OCC(O)C(O)C1OCOC(CO)C1O. The highest BCUT2D eigenvalue weighted by molar-refractivity contribution is 4.87. The lowest BCUT2D eigenvalue weighted by atomic mass is 9.99. The fraction of sp³-hybridized carbons (Fsp3) is 1.00. The van der Waals surface area contributed by atoms with Crippen LogP contribution in [0, 0.1) is 0 Å². The van der Waals surface area contributed by atoms with Crippen molar-refractivity contribution < 1.29 is 35.0 Å². The van der Waals surface area contributed by atoms with Gasteiger partial charge in [0.2, 0.25) is 0 Å². The summed E-state index contributed by atoms with van der Waals surface area (Å²) in [5, 5.41) is 45.7. The van der Waals surface area contributed by atoms with Crippen LogP contribution in [0.4, 0.5) is 0 Å². The van der Waals surface area contributed by atoms with E-state index >= 15 is 0 Å². The molecule has 5 atom stereocenters. The van der Waals surface area contributed by atoms with Gasteiger partial charge in [0.15, 0.2) is 0 Å². The Labute approximate surface area is 86.5 Å². The van der Waals surface area contributed by atoms with E-state index in [1.54, 1.807) is 0 Å². The summed E-state index contributed by atoms with van der Waals surface area (Å²) in [5.74, 6) is 0. The molecule has 90 valence electrons. The predicted molar refractivity (Wildman–Crippen MR) is 46.8 cm³/mol. The van der Waals surface area contributed by atoms with E-state index in [4.69, 9.17) is 24.8 Å². The van der Waals surface area contributed by atoms with Crippen LogP contribution in [0.5, 0.6) is 0 Å². The number of aliphatic hydroxyl groups excluding tert-OH is 5. The van der Waals surface area contributed by atoms with Crippen LogP contribution < -0.4 is 0 Å². The normalized spacial score (nSPS) is 36.2. The summed E-state index contributed by atoms with van der Waals surface area (Å²) in [5.41, 5.74) is 0. The first kappa shape index (κ1) is 12.8. The van der Waals surface area contributed by atoms with E-state index in [9.17, 15) is 10.2 Å². The second-order valence-corrected chi connectivity index (χ2v) is 3.37. The maximum atomic E-state index is 9.58. The smallest absolute Gasteiger partial charge is 0.147 e. The average molecular weight is 224 g/mol. The second-order valence-electron chi connectivity index (χ2n) is 3.37. The van der Waals surface area contributed by atoms with Gasteiger partial charge in [-0.1, -0.05) is 0 Å². The van der Waals surface area contributed by atoms with Gasteiger partial charge in [-0.15, -0.1) is 0 Å². The summed E-state index contributed by atoms with van der Waals surface area (Å²) in [6.45, 7) is -1.25. The summed E-state index contributed by atoms with van der Waals surface area (Å²) in [6.07, 6.45) is -6.02. The standard InChI is InChI=1S/C8H16O7/c9-1-4(11)6(12)8-7(13)5(2-10)14-3-15-8/h4-13H,1-3H2. The zero-order valence-corrected chi connectivity index (χ0v) is 8.06. The summed E-state index contributed by atoms with van der Waals surface area (Å²) < 4.78 is 9.76. The van der Waals surface area contributed by atoms with E-state index in [0.717, 1.165) is 0 Å². The van der Waals surface area contributed by atoms with Crippen molar-refractivity contribution in [2.24, 2.45) is 0 Å². The first-order valence-electron chi connectivity index (χ1n) is 4.61. The van der Waals surface area contributed by atoms with E-state index in [1.165, 1.54) is 0 Å². The van der Waals surface area contributed by atoms with Gasteiger partial charge in [-0.3, -0.25) is 0 Å². The first-order chi connectivity index (χ1) is 7.11. The third kappa shape index (κ3) is 2.85. The molecule has 0 amide bonds. The largest absolute Gasteiger partial charge is 0.394 e. The number of rotatable bonds is 4. The van der Waals surface area contributed by atoms with Crippen molar-refractivity contribution in [3.8, 4) is 0 Å². The molecule has 1 saturated heterocycles. The molecular weight excluding hydrogens is 208 g/mol. The molecule has 1 fully saturated rings. The highest BCUT2D eigenvalue weighted by Crippen LogP contribution is 2.18. The molecule has 0 spiro atoms. The molecular formula is C8H16O7. The summed E-state index contributed by atoms with van der Waals surface area (Å²) >= 11 is 0. The van der Waals surface area contributed by atoms with Crippen LogP contribution in [-0.2, 0) is 9.47 Å². The van der Waals surface area contributed by atoms with Gasteiger partial charge in [0.1, 0.15) is 37.3 Å². The van der Waals surface area contributed by atoms with E-state index in [1.807, 2.05) is 0 Å². The van der Waals surface area contributed by atoms with Crippen molar-refractivity contribution >= 4 is 0 Å². The van der Waals surface area contributed by atoms with Gasteiger partial charge in [0, 0.05) is 0 Å². The van der Waals surface area contributed by atoms with Crippen molar-refractivity contribution in [3.63, 3.8) is 0 Å². The van der Waals surface area contributed by atoms with Gasteiger partial charge >= 0.3 is 0 Å². The Morgan fingerprint density at radius 1 is 1.20 bits per heavy atom. The third-order valence-electron chi connectivity index (χ3n) is 2.36. The lowest BCUT2D eigenvalue weighted by molar-refractivity contribution is -0.266. The molecule has 1 rings (SSSR count). The zero-order chi connectivity index (χ0) is 11.4. The maximum absolute atomic E-state index is 9.58. The molecule has 7 heteroatoms. The van der Waals surface area contributed by atoms with Gasteiger partial charge in [-0.2, -0.15) is 0 Å². The van der Waals surface area contributed by atoms with Crippen molar-refractivity contribution in [3.05, 3.63) is 0 Å². The fourth-order valence-corrected chi connectivity index (χ4v) is 1.40. The van der Waals surface area contributed by atoms with Crippen molar-refractivity contribution in [2.45, 2.75) is 30.5 Å². The topological polar surface area (TPSA) is 120 Å². The quantitative estimate of drug-likeness (QED) is 0.341. The molecule has 5 unspecified atom stereocenters. The van der Waals surface area contributed by atoms with E-state index in [-0.39, 0.29) is 6.79 Å². The molecule has 0 aromatic carbocycles. The Kier molecular flexibility index (Phi) is 4.87. The van der Waals surface area contributed by atoms with E-state index < -0.39 is 43.7 Å². The average Bonchev–Trinajstić information content (AvgIpc) is 2.27. The molecule has 0 aliphatic carbocycles. The molecule has 0 radical (unpaired) electrons. The van der Waals surface area contributed by atoms with Crippen molar-refractivity contribution in [1.29, 1.82) is 0 Å². The Bertz CT molecular complexity index is 184. The predicted octanol–water partition coefficient (Wildman–Crippen LogP) is -3.20. The highest BCUT2D eigenvalue weighted by Gasteiger charge is 2.40. The summed E-state index contributed by atoms with van der Waals surface area (Å²) in [4.78, 5) is 0. The minimum Gasteiger partial charge on any atom is -0.394 e. The van der Waals surface area contributed by atoms with Gasteiger partial charge < -0.3 is 35.0 Å². The number of hydrogen-bond donors (Lipinski definition) is 5. The number of hydrogen-bond acceptors (Lipinski definition) is 7. The Morgan fingerprint density at radius 2 is 1.87 bits per heavy atom. The van der Waals surface area contributed by atoms with Crippen molar-refractivity contribution in [2.75, 3.05) is 20.0 Å². The Morgan fingerprint density at radius 3 is 2.40 bits per heavy atom. The van der Waals surface area contributed by atoms with Crippen LogP contribution in [0.3, 0.4) is 0 Å². The zero-order valence-electron chi connectivity index (χ0n) is 8.06. The van der Waals surface area contributed by atoms with E-state index in [2.05, 4.69) is 0 Å². The molecule has 1 aliphatic rings. The van der Waals surface area contributed by atoms with Crippen LogP contribution in [-0.4, -0.2) is 76.1 Å². The lowest BCUT2D eigenvalue weighted by Crippen LogP contribution is -2.56. The molecule has 0 aromatic rings. The van der Waals surface area contributed by atoms with Crippen LogP contribution >= 0.6 is 0 Å². The molecule has 1 heterocycles. The van der Waals surface area contributed by atoms with Gasteiger partial charge in [-0.25, -0.2) is 0 Å². The fourth-order valence-electron chi connectivity index (χ4n) is 1.40. The molecule has 5 N–H and O–H groups in total. The van der Waals surface area contributed by atoms with Crippen LogP contribution in [0.1, 0.15) is 0 Å². The Balaban J connectivity index is 2.59. The van der Waals surface area contributed by atoms with Crippen LogP contribution in [0.25, 0.3) is 0 Å². The monoisotopic (exact) mass is 224 g/mol. The molecule has 0 saturated carbocycles. The second kappa shape index (κ2) is 5.71. The Hall–Kier alpha value is -0.280. The lowest BCUT2D eigenvalue weighted by Gasteiger charge is -2.37. The molecule has 7 nitrogen and oxygen atoms in total. The molecule has 0 aromatic heterocycles. The van der Waals surface area contributed by atoms with Crippen molar-refractivity contribution in [1.82, 2.24) is 0 Å². The third-order valence-corrected chi connectivity index (χ3v) is 2.36. The summed E-state index contributed by atoms with van der Waals surface area (Å²) in [6, 6.07) is 0. The van der Waals surface area contributed by atoms with Gasteiger partial charge in [-0.05, 0) is 0 Å². The van der Waals surface area contributed by atoms with E-state index in [0.29, 0.717) is 0 Å². The maximum Gasteiger partial charge on any atom is 0.147 e. The minimum absolute atomic E-state index is 0.192. The summed E-state index contributed by atoms with van der Waals surface area (Å²) in [7, 11) is 0. The molecule has 0 bridgehead atoms. The highest BCUT2D eigenvalue weighted by atomic mass is 16.7. The number of aliphatic hydroxyl groups is 5. The molecule has 1 aliphatic heterocycles. The minimum atomic E-state index is -1.43.